The second-order valence-electron chi connectivity index (χ2n) is 2.94. The molecule has 2 heteroatoms. The molecule has 1 atom stereocenters. The molecule has 2 rings (SSSR count). The average molecular weight is 146 g/mol. The summed E-state index contributed by atoms with van der Waals surface area (Å²) in [6, 6.07) is 0. The number of rotatable bonds is 0. The lowest BCUT2D eigenvalue weighted by Gasteiger charge is -2.03. The standard InChI is InChI=1S/C9H10N2/c1-6-5-8-9(7(6)2)11-4-3-10-8/h3-5,7H,1-2H3. The van der Waals surface area contributed by atoms with Crippen LogP contribution in [0.3, 0.4) is 0 Å². The van der Waals surface area contributed by atoms with Crippen molar-refractivity contribution in [2.75, 3.05) is 0 Å². The third-order valence-corrected chi connectivity index (χ3v) is 2.21. The molecule has 0 fully saturated rings. The minimum absolute atomic E-state index is 0.457. The summed E-state index contributed by atoms with van der Waals surface area (Å²) in [4.78, 5) is 8.50. The van der Waals surface area contributed by atoms with E-state index in [0.717, 1.165) is 11.4 Å². The van der Waals surface area contributed by atoms with Crippen LogP contribution in [-0.4, -0.2) is 9.97 Å². The minimum atomic E-state index is 0.457. The first-order valence-electron chi connectivity index (χ1n) is 3.78. The summed E-state index contributed by atoms with van der Waals surface area (Å²) < 4.78 is 0. The van der Waals surface area contributed by atoms with Crippen molar-refractivity contribution in [1.82, 2.24) is 9.97 Å². The highest BCUT2D eigenvalue weighted by Gasteiger charge is 2.19. The number of hydrogen-bond donors (Lipinski definition) is 0. The first kappa shape index (κ1) is 6.53. The highest BCUT2D eigenvalue weighted by molar-refractivity contribution is 5.60. The summed E-state index contributed by atoms with van der Waals surface area (Å²) in [5.74, 6) is 0.457. The lowest BCUT2D eigenvalue weighted by Crippen LogP contribution is -1.95. The van der Waals surface area contributed by atoms with Crippen LogP contribution in [0.4, 0.5) is 0 Å². The van der Waals surface area contributed by atoms with E-state index in [2.05, 4.69) is 29.9 Å². The summed E-state index contributed by atoms with van der Waals surface area (Å²) in [5, 5.41) is 0. The van der Waals surface area contributed by atoms with Crippen molar-refractivity contribution < 1.29 is 0 Å². The van der Waals surface area contributed by atoms with Gasteiger partial charge in [-0.1, -0.05) is 12.5 Å². The SMILES string of the molecule is CC1=Cc2nccnc2C1C. The van der Waals surface area contributed by atoms with Crippen LogP contribution in [0.25, 0.3) is 6.08 Å². The molecule has 0 saturated carbocycles. The number of nitrogens with zero attached hydrogens (tertiary/aromatic N) is 2. The number of fused-ring (bicyclic) bond motifs is 1. The first-order chi connectivity index (χ1) is 5.29. The molecular formula is C9H10N2. The van der Waals surface area contributed by atoms with Crippen LogP contribution in [0.2, 0.25) is 0 Å². The maximum Gasteiger partial charge on any atom is 0.0850 e. The van der Waals surface area contributed by atoms with Crippen molar-refractivity contribution in [1.29, 1.82) is 0 Å². The second-order valence-corrected chi connectivity index (χ2v) is 2.94. The van der Waals surface area contributed by atoms with E-state index in [9.17, 15) is 0 Å². The minimum Gasteiger partial charge on any atom is -0.257 e. The van der Waals surface area contributed by atoms with Gasteiger partial charge < -0.3 is 0 Å². The molecule has 1 aromatic rings. The quantitative estimate of drug-likeness (QED) is 0.559. The fraction of sp³-hybridized carbons (Fsp3) is 0.333. The third-order valence-electron chi connectivity index (χ3n) is 2.21. The smallest absolute Gasteiger partial charge is 0.0850 e. The Labute approximate surface area is 66.0 Å². The Bertz CT molecular complexity index is 315. The van der Waals surface area contributed by atoms with E-state index in [0.29, 0.717) is 5.92 Å². The van der Waals surface area contributed by atoms with Gasteiger partial charge in [0.15, 0.2) is 0 Å². The van der Waals surface area contributed by atoms with Gasteiger partial charge in [-0.25, -0.2) is 0 Å². The third kappa shape index (κ3) is 0.862. The van der Waals surface area contributed by atoms with Crippen molar-refractivity contribution in [2.24, 2.45) is 0 Å². The Morgan fingerprint density at radius 2 is 2.00 bits per heavy atom. The highest BCUT2D eigenvalue weighted by atomic mass is 14.8. The van der Waals surface area contributed by atoms with Gasteiger partial charge in [0.2, 0.25) is 0 Å². The zero-order valence-corrected chi connectivity index (χ0v) is 6.70. The van der Waals surface area contributed by atoms with Crippen molar-refractivity contribution in [3.63, 3.8) is 0 Å². The van der Waals surface area contributed by atoms with Crippen LogP contribution in [-0.2, 0) is 0 Å². The molecule has 0 saturated heterocycles. The Morgan fingerprint density at radius 1 is 1.27 bits per heavy atom. The molecule has 0 spiro atoms. The highest BCUT2D eigenvalue weighted by Crippen LogP contribution is 2.31. The van der Waals surface area contributed by atoms with Gasteiger partial charge in [0.1, 0.15) is 0 Å². The summed E-state index contributed by atoms with van der Waals surface area (Å²) in [6.45, 7) is 4.28. The normalized spacial score (nSPS) is 21.3. The molecule has 0 bridgehead atoms. The van der Waals surface area contributed by atoms with E-state index in [1.54, 1.807) is 12.4 Å². The predicted octanol–water partition coefficient (Wildman–Crippen LogP) is 2.00. The van der Waals surface area contributed by atoms with Crippen LogP contribution in [0, 0.1) is 0 Å². The Hall–Kier alpha value is -1.18. The Kier molecular flexibility index (Phi) is 1.28. The van der Waals surface area contributed by atoms with Gasteiger partial charge in [-0.05, 0) is 13.0 Å². The fourth-order valence-corrected chi connectivity index (χ4v) is 1.36. The van der Waals surface area contributed by atoms with E-state index >= 15 is 0 Å². The summed E-state index contributed by atoms with van der Waals surface area (Å²) >= 11 is 0. The second kappa shape index (κ2) is 2.16. The molecule has 0 aromatic carbocycles. The van der Waals surface area contributed by atoms with Crippen LogP contribution >= 0.6 is 0 Å². The average Bonchev–Trinajstić information content (AvgIpc) is 2.30. The van der Waals surface area contributed by atoms with Crippen LogP contribution in [0.1, 0.15) is 31.2 Å². The number of allylic oxidation sites excluding steroid dienone is 1. The lowest BCUT2D eigenvalue weighted by atomic mass is 10.1. The van der Waals surface area contributed by atoms with Crippen molar-refractivity contribution in [2.45, 2.75) is 19.8 Å². The monoisotopic (exact) mass is 146 g/mol. The van der Waals surface area contributed by atoms with Gasteiger partial charge in [-0.3, -0.25) is 9.97 Å². The van der Waals surface area contributed by atoms with Gasteiger partial charge in [0.25, 0.3) is 0 Å². The van der Waals surface area contributed by atoms with Crippen molar-refractivity contribution >= 4 is 6.08 Å². The topological polar surface area (TPSA) is 25.8 Å². The summed E-state index contributed by atoms with van der Waals surface area (Å²) in [5.41, 5.74) is 3.51. The van der Waals surface area contributed by atoms with Gasteiger partial charge >= 0.3 is 0 Å². The molecule has 1 aromatic heterocycles. The molecular weight excluding hydrogens is 136 g/mol. The van der Waals surface area contributed by atoms with E-state index in [4.69, 9.17) is 0 Å². The van der Waals surface area contributed by atoms with Gasteiger partial charge in [0, 0.05) is 18.3 Å². The Balaban J connectivity index is 2.58. The van der Waals surface area contributed by atoms with Gasteiger partial charge in [0.05, 0.1) is 11.4 Å². The molecule has 1 heterocycles. The Morgan fingerprint density at radius 3 is 2.73 bits per heavy atom. The molecule has 0 radical (unpaired) electrons. The lowest BCUT2D eigenvalue weighted by molar-refractivity contribution is 0.863. The molecule has 1 aliphatic rings. The van der Waals surface area contributed by atoms with Crippen LogP contribution in [0.15, 0.2) is 18.0 Å². The van der Waals surface area contributed by atoms with E-state index in [-0.39, 0.29) is 0 Å². The van der Waals surface area contributed by atoms with Crippen LogP contribution < -0.4 is 0 Å². The van der Waals surface area contributed by atoms with Gasteiger partial charge in [-0.15, -0.1) is 0 Å². The van der Waals surface area contributed by atoms with E-state index < -0.39 is 0 Å². The number of aromatic nitrogens is 2. The number of hydrogen-bond acceptors (Lipinski definition) is 2. The molecule has 0 amide bonds. The molecule has 0 aliphatic heterocycles. The zero-order valence-electron chi connectivity index (χ0n) is 6.70. The fourth-order valence-electron chi connectivity index (χ4n) is 1.36. The molecule has 11 heavy (non-hydrogen) atoms. The van der Waals surface area contributed by atoms with E-state index in [1.165, 1.54) is 5.57 Å². The van der Waals surface area contributed by atoms with Crippen molar-refractivity contribution in [3.05, 3.63) is 29.4 Å². The first-order valence-corrected chi connectivity index (χ1v) is 3.78. The van der Waals surface area contributed by atoms with E-state index in [1.807, 2.05) is 0 Å². The summed E-state index contributed by atoms with van der Waals surface area (Å²) in [7, 11) is 0. The zero-order chi connectivity index (χ0) is 7.84. The van der Waals surface area contributed by atoms with Crippen LogP contribution in [0.5, 0.6) is 0 Å². The molecule has 1 unspecified atom stereocenters. The molecule has 0 N–H and O–H groups in total. The van der Waals surface area contributed by atoms with Gasteiger partial charge in [-0.2, -0.15) is 0 Å². The summed E-state index contributed by atoms with van der Waals surface area (Å²) in [6.07, 6.45) is 5.59. The molecule has 2 nitrogen and oxygen atoms in total. The molecule has 1 aliphatic carbocycles. The maximum absolute atomic E-state index is 4.28. The predicted molar refractivity (Wildman–Crippen MR) is 44.1 cm³/mol. The largest absolute Gasteiger partial charge is 0.257 e. The van der Waals surface area contributed by atoms with Crippen molar-refractivity contribution in [3.8, 4) is 0 Å². The maximum atomic E-state index is 4.28. The molecule has 56 valence electrons.